The minimum Gasteiger partial charge on any atom is -0.425 e. The molecule has 0 fully saturated rings. The molecule has 0 atom stereocenters. The Kier molecular flexibility index (Phi) is 3.95. The van der Waals surface area contributed by atoms with Gasteiger partial charge < -0.3 is 9.15 Å². The number of rotatable bonds is 4. The molecule has 0 unspecified atom stereocenters. The first kappa shape index (κ1) is 12.2. The van der Waals surface area contributed by atoms with E-state index in [4.69, 9.17) is 15.6 Å². The molecule has 0 saturated carbocycles. The van der Waals surface area contributed by atoms with E-state index in [0.29, 0.717) is 5.76 Å². The normalized spacial score (nSPS) is 9.94. The van der Waals surface area contributed by atoms with Crippen LogP contribution in [0.1, 0.15) is 5.76 Å². The summed E-state index contributed by atoms with van der Waals surface area (Å²) in [6, 6.07) is 12.9. The molecule has 0 saturated heterocycles. The maximum atomic E-state index is 11.5. The molecule has 0 spiro atoms. The van der Waals surface area contributed by atoms with Gasteiger partial charge in [0.15, 0.2) is 0 Å². The van der Waals surface area contributed by atoms with Crippen molar-refractivity contribution in [3.05, 3.63) is 58.6 Å². The molecule has 0 aliphatic heterocycles. The summed E-state index contributed by atoms with van der Waals surface area (Å²) in [4.78, 5) is 11.5. The van der Waals surface area contributed by atoms with Crippen LogP contribution in [0.4, 0.5) is 0 Å². The lowest BCUT2D eigenvalue weighted by Gasteiger charge is -2.04. The molecule has 0 aliphatic carbocycles. The molecule has 0 N–H and O–H groups in total. The van der Waals surface area contributed by atoms with Gasteiger partial charge in [-0.1, -0.05) is 36.3 Å². The van der Waals surface area contributed by atoms with Crippen molar-refractivity contribution in [3.63, 3.8) is 0 Å². The van der Waals surface area contributed by atoms with E-state index in [0.717, 1.165) is 11.1 Å². The summed E-state index contributed by atoms with van der Waals surface area (Å²) >= 11 is 0. The SMILES string of the molecule is C#CCOCc1cc(-c2ccccc2)cc(=O)o1. The molecular formula is C15H12O3. The average molecular weight is 240 g/mol. The minimum atomic E-state index is -0.393. The van der Waals surface area contributed by atoms with Crippen LogP contribution in [0, 0.1) is 12.3 Å². The van der Waals surface area contributed by atoms with Crippen molar-refractivity contribution in [1.82, 2.24) is 0 Å². The highest BCUT2D eigenvalue weighted by Gasteiger charge is 2.03. The van der Waals surface area contributed by atoms with Gasteiger partial charge in [0.25, 0.3) is 0 Å². The van der Waals surface area contributed by atoms with Crippen LogP contribution in [0.3, 0.4) is 0 Å². The Morgan fingerprint density at radius 3 is 2.67 bits per heavy atom. The lowest BCUT2D eigenvalue weighted by Crippen LogP contribution is -2.02. The molecule has 1 aromatic heterocycles. The Morgan fingerprint density at radius 2 is 1.94 bits per heavy atom. The van der Waals surface area contributed by atoms with E-state index in [1.807, 2.05) is 30.3 Å². The van der Waals surface area contributed by atoms with Gasteiger partial charge in [-0.05, 0) is 17.2 Å². The average Bonchev–Trinajstić information content (AvgIpc) is 2.39. The third-order valence-electron chi connectivity index (χ3n) is 2.36. The fourth-order valence-corrected chi connectivity index (χ4v) is 1.61. The summed E-state index contributed by atoms with van der Waals surface area (Å²) in [5.74, 6) is 2.83. The standard InChI is InChI=1S/C15H12O3/c1-2-8-17-11-14-9-13(10-15(16)18-14)12-6-4-3-5-7-12/h1,3-7,9-10H,8,11H2. The van der Waals surface area contributed by atoms with Crippen molar-refractivity contribution in [2.45, 2.75) is 6.61 Å². The first-order valence-electron chi connectivity index (χ1n) is 5.50. The monoisotopic (exact) mass is 240 g/mol. The third kappa shape index (κ3) is 3.09. The van der Waals surface area contributed by atoms with E-state index in [-0.39, 0.29) is 13.2 Å². The summed E-state index contributed by atoms with van der Waals surface area (Å²) in [5, 5.41) is 0. The van der Waals surface area contributed by atoms with Gasteiger partial charge in [0.05, 0.1) is 0 Å². The van der Waals surface area contributed by atoms with Crippen molar-refractivity contribution >= 4 is 0 Å². The van der Waals surface area contributed by atoms with Crippen LogP contribution in [0.2, 0.25) is 0 Å². The molecule has 18 heavy (non-hydrogen) atoms. The number of terminal acetylenes is 1. The molecule has 0 bridgehead atoms. The molecule has 2 rings (SSSR count). The first-order valence-corrected chi connectivity index (χ1v) is 5.50. The molecular weight excluding hydrogens is 228 g/mol. The van der Waals surface area contributed by atoms with Gasteiger partial charge in [-0.15, -0.1) is 6.42 Å². The molecule has 2 aromatic rings. The molecule has 0 amide bonds. The van der Waals surface area contributed by atoms with Crippen molar-refractivity contribution in [3.8, 4) is 23.5 Å². The van der Waals surface area contributed by atoms with Gasteiger partial charge in [-0.25, -0.2) is 4.79 Å². The van der Waals surface area contributed by atoms with E-state index >= 15 is 0 Å². The second kappa shape index (κ2) is 5.85. The van der Waals surface area contributed by atoms with Crippen LogP contribution in [-0.4, -0.2) is 6.61 Å². The number of benzene rings is 1. The molecule has 90 valence electrons. The molecule has 1 aromatic carbocycles. The summed E-state index contributed by atoms with van der Waals surface area (Å²) < 4.78 is 10.2. The van der Waals surface area contributed by atoms with Crippen LogP contribution in [-0.2, 0) is 11.3 Å². The lowest BCUT2D eigenvalue weighted by molar-refractivity contribution is 0.133. The number of ether oxygens (including phenoxy) is 1. The van der Waals surface area contributed by atoms with E-state index in [1.165, 1.54) is 6.07 Å². The Labute approximate surface area is 105 Å². The van der Waals surface area contributed by atoms with Crippen LogP contribution in [0.15, 0.2) is 51.7 Å². The minimum absolute atomic E-state index is 0.194. The van der Waals surface area contributed by atoms with E-state index in [9.17, 15) is 4.79 Å². The second-order valence-electron chi connectivity index (χ2n) is 3.69. The zero-order chi connectivity index (χ0) is 12.8. The van der Waals surface area contributed by atoms with Crippen LogP contribution >= 0.6 is 0 Å². The van der Waals surface area contributed by atoms with Crippen molar-refractivity contribution < 1.29 is 9.15 Å². The molecule has 0 aliphatic rings. The molecule has 1 heterocycles. The third-order valence-corrected chi connectivity index (χ3v) is 2.36. The Morgan fingerprint density at radius 1 is 1.17 bits per heavy atom. The molecule has 0 radical (unpaired) electrons. The van der Waals surface area contributed by atoms with Crippen LogP contribution in [0.5, 0.6) is 0 Å². The van der Waals surface area contributed by atoms with Gasteiger partial charge >= 0.3 is 5.63 Å². The van der Waals surface area contributed by atoms with Crippen LogP contribution in [0.25, 0.3) is 11.1 Å². The Hall–Kier alpha value is -2.31. The smallest absolute Gasteiger partial charge is 0.336 e. The summed E-state index contributed by atoms with van der Waals surface area (Å²) in [6.45, 7) is 0.388. The highest BCUT2D eigenvalue weighted by atomic mass is 16.5. The maximum Gasteiger partial charge on any atom is 0.336 e. The largest absolute Gasteiger partial charge is 0.425 e. The van der Waals surface area contributed by atoms with E-state index in [1.54, 1.807) is 6.07 Å². The van der Waals surface area contributed by atoms with Crippen LogP contribution < -0.4 is 5.63 Å². The predicted octanol–water partition coefficient (Wildman–Crippen LogP) is 2.46. The number of hydrogen-bond acceptors (Lipinski definition) is 3. The van der Waals surface area contributed by atoms with Crippen molar-refractivity contribution in [1.29, 1.82) is 0 Å². The zero-order valence-electron chi connectivity index (χ0n) is 9.76. The van der Waals surface area contributed by atoms with Gasteiger partial charge in [0.2, 0.25) is 0 Å². The fraction of sp³-hybridized carbons (Fsp3) is 0.133. The fourth-order valence-electron chi connectivity index (χ4n) is 1.61. The van der Waals surface area contributed by atoms with Gasteiger partial charge in [0.1, 0.15) is 19.0 Å². The zero-order valence-corrected chi connectivity index (χ0v) is 9.76. The molecule has 3 heteroatoms. The Balaban J connectivity index is 2.28. The van der Waals surface area contributed by atoms with Gasteiger partial charge in [-0.3, -0.25) is 0 Å². The van der Waals surface area contributed by atoms with E-state index in [2.05, 4.69) is 5.92 Å². The summed E-state index contributed by atoms with van der Waals surface area (Å²) in [5.41, 5.74) is 1.38. The number of hydrogen-bond donors (Lipinski definition) is 0. The quantitative estimate of drug-likeness (QED) is 0.608. The first-order chi connectivity index (χ1) is 8.79. The predicted molar refractivity (Wildman–Crippen MR) is 68.9 cm³/mol. The summed E-state index contributed by atoms with van der Waals surface area (Å²) in [6.07, 6.45) is 5.08. The second-order valence-corrected chi connectivity index (χ2v) is 3.69. The highest BCUT2D eigenvalue weighted by Crippen LogP contribution is 2.18. The van der Waals surface area contributed by atoms with Crippen molar-refractivity contribution in [2.24, 2.45) is 0 Å². The topological polar surface area (TPSA) is 39.4 Å². The van der Waals surface area contributed by atoms with Gasteiger partial charge in [-0.2, -0.15) is 0 Å². The summed E-state index contributed by atoms with van der Waals surface area (Å²) in [7, 11) is 0. The van der Waals surface area contributed by atoms with E-state index < -0.39 is 5.63 Å². The van der Waals surface area contributed by atoms with Crippen molar-refractivity contribution in [2.75, 3.05) is 6.61 Å². The lowest BCUT2D eigenvalue weighted by atomic mass is 10.1. The maximum absolute atomic E-state index is 11.5. The van der Waals surface area contributed by atoms with Gasteiger partial charge in [0, 0.05) is 6.07 Å². The molecule has 3 nitrogen and oxygen atoms in total. The highest BCUT2D eigenvalue weighted by molar-refractivity contribution is 5.62. The Bertz CT molecular complexity index is 606.